The number of carbonyl (C=O) groups is 1. The minimum Gasteiger partial charge on any atom is -0.368 e. The SMILES string of the molecule is CCNc1nc(NC(C)C(=O)N(C)C)c(F)cc1F. The lowest BCUT2D eigenvalue weighted by molar-refractivity contribution is -0.129. The number of rotatable bonds is 5. The molecule has 0 aliphatic rings. The summed E-state index contributed by atoms with van der Waals surface area (Å²) in [5.41, 5.74) is 0. The maximum absolute atomic E-state index is 13.6. The molecule has 1 unspecified atom stereocenters. The molecule has 0 radical (unpaired) electrons. The van der Waals surface area contributed by atoms with Crippen molar-refractivity contribution in [3.63, 3.8) is 0 Å². The normalized spacial score (nSPS) is 11.9. The molecule has 1 amide bonds. The molecule has 7 heteroatoms. The highest BCUT2D eigenvalue weighted by Gasteiger charge is 2.18. The summed E-state index contributed by atoms with van der Waals surface area (Å²) >= 11 is 0. The molecule has 0 spiro atoms. The highest BCUT2D eigenvalue weighted by molar-refractivity contribution is 5.83. The molecule has 106 valence electrons. The minimum absolute atomic E-state index is 0.0455. The molecule has 1 aromatic heterocycles. The number of nitrogens with one attached hydrogen (secondary N) is 2. The number of aromatic nitrogens is 1. The van der Waals surface area contributed by atoms with Gasteiger partial charge in [0.05, 0.1) is 0 Å². The predicted molar refractivity (Wildman–Crippen MR) is 70.1 cm³/mol. The van der Waals surface area contributed by atoms with Crippen LogP contribution in [-0.2, 0) is 4.79 Å². The third-order valence-electron chi connectivity index (χ3n) is 2.44. The van der Waals surface area contributed by atoms with Gasteiger partial charge < -0.3 is 15.5 Å². The molecular formula is C12H18F2N4O. The number of pyridine rings is 1. The van der Waals surface area contributed by atoms with Crippen LogP contribution in [0, 0.1) is 11.6 Å². The minimum atomic E-state index is -0.836. The highest BCUT2D eigenvalue weighted by Crippen LogP contribution is 2.19. The van der Waals surface area contributed by atoms with Crippen LogP contribution in [0.5, 0.6) is 0 Å². The van der Waals surface area contributed by atoms with E-state index in [2.05, 4.69) is 15.6 Å². The van der Waals surface area contributed by atoms with Crippen LogP contribution in [0.25, 0.3) is 0 Å². The second kappa shape index (κ2) is 6.31. The second-order valence-corrected chi connectivity index (χ2v) is 4.28. The van der Waals surface area contributed by atoms with Crippen LogP contribution in [0.3, 0.4) is 0 Å². The van der Waals surface area contributed by atoms with Crippen molar-refractivity contribution in [1.29, 1.82) is 0 Å². The van der Waals surface area contributed by atoms with Crippen LogP contribution < -0.4 is 10.6 Å². The summed E-state index contributed by atoms with van der Waals surface area (Å²) in [6.07, 6.45) is 0. The first-order valence-electron chi connectivity index (χ1n) is 5.94. The Kier molecular flexibility index (Phi) is 5.02. The summed E-state index contributed by atoms with van der Waals surface area (Å²) in [7, 11) is 3.19. The van der Waals surface area contributed by atoms with E-state index in [1.807, 2.05) is 0 Å². The van der Waals surface area contributed by atoms with Gasteiger partial charge in [-0.3, -0.25) is 4.79 Å². The molecule has 0 fully saturated rings. The van der Waals surface area contributed by atoms with E-state index in [1.54, 1.807) is 27.9 Å². The van der Waals surface area contributed by atoms with Gasteiger partial charge in [-0.15, -0.1) is 0 Å². The van der Waals surface area contributed by atoms with Crippen LogP contribution in [0.4, 0.5) is 20.4 Å². The van der Waals surface area contributed by atoms with E-state index in [-0.39, 0.29) is 17.5 Å². The van der Waals surface area contributed by atoms with Gasteiger partial charge in [0.25, 0.3) is 0 Å². The van der Waals surface area contributed by atoms with Crippen molar-refractivity contribution in [2.24, 2.45) is 0 Å². The molecule has 5 nitrogen and oxygen atoms in total. The van der Waals surface area contributed by atoms with E-state index in [1.165, 1.54) is 4.90 Å². The molecule has 2 N–H and O–H groups in total. The van der Waals surface area contributed by atoms with Gasteiger partial charge in [-0.25, -0.2) is 13.8 Å². The highest BCUT2D eigenvalue weighted by atomic mass is 19.1. The van der Waals surface area contributed by atoms with Gasteiger partial charge in [0, 0.05) is 26.7 Å². The summed E-state index contributed by atoms with van der Waals surface area (Å²) in [5.74, 6) is -2.03. The van der Waals surface area contributed by atoms with Crippen LogP contribution in [0.2, 0.25) is 0 Å². The van der Waals surface area contributed by atoms with Crippen molar-refractivity contribution in [2.45, 2.75) is 19.9 Å². The monoisotopic (exact) mass is 272 g/mol. The molecule has 0 aromatic carbocycles. The smallest absolute Gasteiger partial charge is 0.244 e. The molecule has 0 saturated heterocycles. The van der Waals surface area contributed by atoms with Crippen LogP contribution in [0.15, 0.2) is 6.07 Å². The van der Waals surface area contributed by atoms with Gasteiger partial charge in [0.2, 0.25) is 5.91 Å². The lowest BCUT2D eigenvalue weighted by Gasteiger charge is -2.19. The van der Waals surface area contributed by atoms with Gasteiger partial charge in [-0.2, -0.15) is 0 Å². The molecule has 1 atom stereocenters. The maximum atomic E-state index is 13.6. The van der Waals surface area contributed by atoms with Gasteiger partial charge >= 0.3 is 0 Å². The number of anilines is 2. The lowest BCUT2D eigenvalue weighted by atomic mass is 10.3. The number of hydrogen-bond donors (Lipinski definition) is 2. The summed E-state index contributed by atoms with van der Waals surface area (Å²) in [4.78, 5) is 16.8. The first-order valence-corrected chi connectivity index (χ1v) is 5.94. The van der Waals surface area contributed by atoms with Gasteiger partial charge in [-0.05, 0) is 13.8 Å². The Balaban J connectivity index is 2.94. The number of halogens is 2. The van der Waals surface area contributed by atoms with E-state index in [0.717, 1.165) is 6.07 Å². The summed E-state index contributed by atoms with van der Waals surface area (Å²) in [6, 6.07) is 0.0807. The van der Waals surface area contributed by atoms with Crippen molar-refractivity contribution in [1.82, 2.24) is 9.88 Å². The molecule has 1 rings (SSSR count). The summed E-state index contributed by atoms with van der Waals surface area (Å²) in [5, 5.41) is 5.31. The average molecular weight is 272 g/mol. The summed E-state index contributed by atoms with van der Waals surface area (Å²) in [6.45, 7) is 3.82. The quantitative estimate of drug-likeness (QED) is 0.856. The van der Waals surface area contributed by atoms with Crippen LogP contribution >= 0.6 is 0 Å². The van der Waals surface area contributed by atoms with E-state index in [9.17, 15) is 13.6 Å². The Morgan fingerprint density at radius 2 is 1.95 bits per heavy atom. The number of amides is 1. The number of carbonyl (C=O) groups excluding carboxylic acids is 1. The molecule has 1 aromatic rings. The van der Waals surface area contributed by atoms with Crippen molar-refractivity contribution in [2.75, 3.05) is 31.3 Å². The van der Waals surface area contributed by atoms with Crippen LogP contribution in [-0.4, -0.2) is 42.5 Å². The Bertz CT molecular complexity index is 465. The van der Waals surface area contributed by atoms with Gasteiger partial charge in [-0.1, -0.05) is 0 Å². The largest absolute Gasteiger partial charge is 0.368 e. The van der Waals surface area contributed by atoms with Crippen molar-refractivity contribution >= 4 is 17.5 Å². The third kappa shape index (κ3) is 3.77. The second-order valence-electron chi connectivity index (χ2n) is 4.28. The topological polar surface area (TPSA) is 57.3 Å². The van der Waals surface area contributed by atoms with Gasteiger partial charge in [0.15, 0.2) is 23.3 Å². The molecule has 19 heavy (non-hydrogen) atoms. The number of likely N-dealkylation sites (N-methyl/N-ethyl adjacent to an activating group) is 1. The number of nitrogens with zero attached hydrogens (tertiary/aromatic N) is 2. The predicted octanol–water partition coefficient (Wildman–Crippen LogP) is 1.68. The first kappa shape index (κ1) is 15.1. The lowest BCUT2D eigenvalue weighted by Crippen LogP contribution is -2.37. The Morgan fingerprint density at radius 1 is 1.37 bits per heavy atom. The molecule has 0 aliphatic carbocycles. The Hall–Kier alpha value is -1.92. The fourth-order valence-electron chi connectivity index (χ4n) is 1.51. The van der Waals surface area contributed by atoms with E-state index in [0.29, 0.717) is 6.54 Å². The zero-order valence-electron chi connectivity index (χ0n) is 11.4. The Labute approximate surface area is 111 Å². The molecule has 0 aliphatic heterocycles. The Morgan fingerprint density at radius 3 is 2.47 bits per heavy atom. The van der Waals surface area contributed by atoms with Crippen molar-refractivity contribution in [3.05, 3.63) is 17.7 Å². The van der Waals surface area contributed by atoms with Crippen molar-refractivity contribution < 1.29 is 13.6 Å². The maximum Gasteiger partial charge on any atom is 0.244 e. The van der Waals surface area contributed by atoms with Gasteiger partial charge in [0.1, 0.15) is 6.04 Å². The zero-order chi connectivity index (χ0) is 14.6. The van der Waals surface area contributed by atoms with E-state index >= 15 is 0 Å². The molecular weight excluding hydrogens is 254 g/mol. The molecule has 0 bridgehead atoms. The zero-order valence-corrected chi connectivity index (χ0v) is 11.4. The van der Waals surface area contributed by atoms with E-state index in [4.69, 9.17) is 0 Å². The van der Waals surface area contributed by atoms with Crippen molar-refractivity contribution in [3.8, 4) is 0 Å². The first-order chi connectivity index (χ1) is 8.86. The number of hydrogen-bond acceptors (Lipinski definition) is 4. The fourth-order valence-corrected chi connectivity index (χ4v) is 1.51. The third-order valence-corrected chi connectivity index (χ3v) is 2.44. The standard InChI is InChI=1S/C12H18F2N4O/c1-5-15-10-8(13)6-9(14)11(17-10)16-7(2)12(19)18(3)4/h6-7H,5H2,1-4H3,(H2,15,16,17). The fraction of sp³-hybridized carbons (Fsp3) is 0.500. The molecule has 0 saturated carbocycles. The van der Waals surface area contributed by atoms with E-state index < -0.39 is 17.7 Å². The average Bonchev–Trinajstić information content (AvgIpc) is 2.34. The van der Waals surface area contributed by atoms with Crippen LogP contribution in [0.1, 0.15) is 13.8 Å². The molecule has 1 heterocycles. The summed E-state index contributed by atoms with van der Waals surface area (Å²) < 4.78 is 27.0.